The molecular formula is C21H18BrClN2O3S. The van der Waals surface area contributed by atoms with Gasteiger partial charge in [-0.1, -0.05) is 51.8 Å². The molecule has 0 unspecified atom stereocenters. The number of sulfonamides is 1. The Morgan fingerprint density at radius 2 is 1.69 bits per heavy atom. The summed E-state index contributed by atoms with van der Waals surface area (Å²) < 4.78 is 28.6. The first-order chi connectivity index (χ1) is 13.8. The molecule has 0 aliphatic rings. The summed E-state index contributed by atoms with van der Waals surface area (Å²) in [6.07, 6.45) is 0. The van der Waals surface area contributed by atoms with Gasteiger partial charge in [0.2, 0.25) is 5.91 Å². The maximum atomic E-state index is 13.3. The topological polar surface area (TPSA) is 66.5 Å². The van der Waals surface area contributed by atoms with Crippen LogP contribution in [0, 0.1) is 6.92 Å². The molecule has 0 spiro atoms. The molecule has 0 atom stereocenters. The van der Waals surface area contributed by atoms with Gasteiger partial charge in [-0.15, -0.1) is 0 Å². The molecule has 3 rings (SSSR count). The van der Waals surface area contributed by atoms with Gasteiger partial charge in [0.1, 0.15) is 6.54 Å². The Kier molecular flexibility index (Phi) is 6.62. The Balaban J connectivity index is 1.98. The average Bonchev–Trinajstić information content (AvgIpc) is 2.70. The molecule has 0 aliphatic carbocycles. The summed E-state index contributed by atoms with van der Waals surface area (Å²) in [7, 11) is -3.98. The third kappa shape index (κ3) is 5.18. The normalized spacial score (nSPS) is 11.1. The van der Waals surface area contributed by atoms with Crippen molar-refractivity contribution in [2.75, 3.05) is 16.2 Å². The maximum absolute atomic E-state index is 13.3. The minimum Gasteiger partial charge on any atom is -0.325 e. The Morgan fingerprint density at radius 3 is 2.34 bits per heavy atom. The summed E-state index contributed by atoms with van der Waals surface area (Å²) in [5, 5.41) is 3.11. The van der Waals surface area contributed by atoms with E-state index in [0.717, 1.165) is 8.78 Å². The van der Waals surface area contributed by atoms with Gasteiger partial charge in [0.05, 0.1) is 10.6 Å². The molecular weight excluding hydrogens is 476 g/mol. The zero-order valence-corrected chi connectivity index (χ0v) is 18.6. The first-order valence-electron chi connectivity index (χ1n) is 8.67. The highest BCUT2D eigenvalue weighted by molar-refractivity contribution is 9.10. The molecule has 0 bridgehead atoms. The van der Waals surface area contributed by atoms with E-state index < -0.39 is 22.5 Å². The number of aryl methyl sites for hydroxylation is 1. The second-order valence-electron chi connectivity index (χ2n) is 6.31. The molecule has 5 nitrogen and oxygen atoms in total. The molecule has 0 aromatic heterocycles. The predicted molar refractivity (Wildman–Crippen MR) is 120 cm³/mol. The number of nitrogens with one attached hydrogen (secondary N) is 1. The van der Waals surface area contributed by atoms with Crippen LogP contribution in [-0.4, -0.2) is 20.9 Å². The monoisotopic (exact) mass is 492 g/mol. The summed E-state index contributed by atoms with van der Waals surface area (Å²) in [4.78, 5) is 12.8. The number of amides is 1. The zero-order valence-electron chi connectivity index (χ0n) is 15.5. The highest BCUT2D eigenvalue weighted by atomic mass is 79.9. The van der Waals surface area contributed by atoms with Crippen molar-refractivity contribution in [2.45, 2.75) is 11.8 Å². The fourth-order valence-corrected chi connectivity index (χ4v) is 4.66. The van der Waals surface area contributed by atoms with E-state index >= 15 is 0 Å². The van der Waals surface area contributed by atoms with Crippen molar-refractivity contribution in [1.29, 1.82) is 0 Å². The fraction of sp³-hybridized carbons (Fsp3) is 0.0952. The lowest BCUT2D eigenvalue weighted by Crippen LogP contribution is -2.38. The molecule has 29 heavy (non-hydrogen) atoms. The lowest BCUT2D eigenvalue weighted by molar-refractivity contribution is -0.114. The van der Waals surface area contributed by atoms with Crippen molar-refractivity contribution >= 4 is 54.8 Å². The average molecular weight is 494 g/mol. The molecule has 0 saturated carbocycles. The lowest BCUT2D eigenvalue weighted by Gasteiger charge is -2.26. The van der Waals surface area contributed by atoms with E-state index in [0.29, 0.717) is 22.0 Å². The number of benzene rings is 3. The molecule has 1 amide bonds. The molecule has 0 aliphatic heterocycles. The van der Waals surface area contributed by atoms with Gasteiger partial charge in [0.15, 0.2) is 0 Å². The minimum absolute atomic E-state index is 0.0933. The Bertz CT molecular complexity index is 1120. The van der Waals surface area contributed by atoms with Crippen LogP contribution < -0.4 is 9.62 Å². The summed E-state index contributed by atoms with van der Waals surface area (Å²) in [5.74, 6) is -0.466. The highest BCUT2D eigenvalue weighted by Gasteiger charge is 2.28. The summed E-state index contributed by atoms with van der Waals surface area (Å²) in [6, 6.07) is 20.0. The largest absolute Gasteiger partial charge is 0.325 e. The lowest BCUT2D eigenvalue weighted by atomic mass is 10.2. The molecule has 3 aromatic carbocycles. The smallest absolute Gasteiger partial charge is 0.264 e. The third-order valence-electron chi connectivity index (χ3n) is 4.19. The van der Waals surface area contributed by atoms with Crippen LogP contribution in [0.5, 0.6) is 0 Å². The van der Waals surface area contributed by atoms with Crippen LogP contribution in [0.4, 0.5) is 11.4 Å². The molecule has 3 aromatic rings. The maximum Gasteiger partial charge on any atom is 0.264 e. The van der Waals surface area contributed by atoms with Crippen LogP contribution in [0.3, 0.4) is 0 Å². The molecule has 0 heterocycles. The second-order valence-corrected chi connectivity index (χ2v) is 9.53. The van der Waals surface area contributed by atoms with Crippen LogP contribution in [0.15, 0.2) is 82.2 Å². The number of rotatable bonds is 6. The zero-order chi connectivity index (χ0) is 21.0. The quantitative estimate of drug-likeness (QED) is 0.510. The van der Waals surface area contributed by atoms with E-state index in [1.807, 2.05) is 0 Å². The molecule has 8 heteroatoms. The van der Waals surface area contributed by atoms with Gasteiger partial charge in [-0.05, 0) is 61.0 Å². The molecule has 0 radical (unpaired) electrons. The Labute approximate surface area is 183 Å². The minimum atomic E-state index is -3.98. The Hall–Kier alpha value is -2.35. The van der Waals surface area contributed by atoms with Gasteiger partial charge in [0.25, 0.3) is 10.0 Å². The van der Waals surface area contributed by atoms with Crippen molar-refractivity contribution in [1.82, 2.24) is 0 Å². The number of anilines is 2. The van der Waals surface area contributed by atoms with Crippen LogP contribution in [-0.2, 0) is 14.8 Å². The van der Waals surface area contributed by atoms with Crippen molar-refractivity contribution < 1.29 is 13.2 Å². The van der Waals surface area contributed by atoms with Crippen LogP contribution >= 0.6 is 27.5 Å². The van der Waals surface area contributed by atoms with E-state index in [4.69, 9.17) is 11.6 Å². The molecule has 1 N–H and O–H groups in total. The van der Waals surface area contributed by atoms with E-state index in [1.54, 1.807) is 67.6 Å². The molecule has 0 saturated heterocycles. The third-order valence-corrected chi connectivity index (χ3v) is 6.72. The van der Waals surface area contributed by atoms with E-state index in [-0.39, 0.29) is 4.90 Å². The van der Waals surface area contributed by atoms with Crippen molar-refractivity contribution in [3.05, 3.63) is 87.9 Å². The van der Waals surface area contributed by atoms with Crippen LogP contribution in [0.1, 0.15) is 5.56 Å². The van der Waals surface area contributed by atoms with E-state index in [9.17, 15) is 13.2 Å². The van der Waals surface area contributed by atoms with Gasteiger partial charge < -0.3 is 5.32 Å². The Morgan fingerprint density at radius 1 is 1.03 bits per heavy atom. The number of carbonyl (C=O) groups is 1. The number of carbonyl (C=O) groups excluding carboxylic acids is 1. The van der Waals surface area contributed by atoms with Gasteiger partial charge in [-0.25, -0.2) is 8.42 Å². The van der Waals surface area contributed by atoms with E-state index in [1.165, 1.54) is 12.1 Å². The number of nitrogens with zero attached hydrogens (tertiary/aromatic N) is 1. The van der Waals surface area contributed by atoms with Gasteiger partial charge in [-0.2, -0.15) is 0 Å². The molecule has 0 fully saturated rings. The van der Waals surface area contributed by atoms with Crippen LogP contribution in [0.2, 0.25) is 5.02 Å². The number of halogens is 2. The highest BCUT2D eigenvalue weighted by Crippen LogP contribution is 2.29. The second kappa shape index (κ2) is 8.98. The SMILES string of the molecule is Cc1ccc(Cl)cc1N(CC(=O)Nc1ccc(Br)cc1)S(=O)(=O)c1ccccc1. The standard InChI is InChI=1S/C21H18BrClN2O3S/c1-15-7-10-17(23)13-20(15)25(29(27,28)19-5-3-2-4-6-19)14-21(26)24-18-11-8-16(22)9-12-18/h2-13H,14H2,1H3,(H,24,26). The molecule has 150 valence electrons. The van der Waals surface area contributed by atoms with Gasteiger partial charge in [-0.3, -0.25) is 9.10 Å². The van der Waals surface area contributed by atoms with Gasteiger partial charge in [0, 0.05) is 15.2 Å². The number of hydrogen-bond acceptors (Lipinski definition) is 3. The first kappa shape index (κ1) is 21.4. The predicted octanol–water partition coefficient (Wildman–Crippen LogP) is 5.24. The van der Waals surface area contributed by atoms with Crippen LogP contribution in [0.25, 0.3) is 0 Å². The van der Waals surface area contributed by atoms with Crippen molar-refractivity contribution in [2.24, 2.45) is 0 Å². The summed E-state index contributed by atoms with van der Waals surface area (Å²) >= 11 is 9.45. The van der Waals surface area contributed by atoms with Gasteiger partial charge >= 0.3 is 0 Å². The number of hydrogen-bond donors (Lipinski definition) is 1. The van der Waals surface area contributed by atoms with Crippen molar-refractivity contribution in [3.8, 4) is 0 Å². The van der Waals surface area contributed by atoms with Crippen molar-refractivity contribution in [3.63, 3.8) is 0 Å². The summed E-state index contributed by atoms with van der Waals surface area (Å²) in [5.41, 5.74) is 1.61. The first-order valence-corrected chi connectivity index (χ1v) is 11.3. The summed E-state index contributed by atoms with van der Waals surface area (Å²) in [6.45, 7) is 1.38. The fourth-order valence-electron chi connectivity index (χ4n) is 2.73. The van der Waals surface area contributed by atoms with E-state index in [2.05, 4.69) is 21.2 Å².